The number of thioether (sulfide) groups is 1. The van der Waals surface area contributed by atoms with Crippen LogP contribution < -0.4 is 0 Å². The lowest BCUT2D eigenvalue weighted by Crippen LogP contribution is -2.17. The van der Waals surface area contributed by atoms with Crippen LogP contribution >= 0.6 is 27.7 Å². The quantitative estimate of drug-likeness (QED) is 0.775. The normalized spacial score (nSPS) is 12.6. The van der Waals surface area contributed by atoms with Crippen molar-refractivity contribution in [3.05, 3.63) is 40.9 Å². The van der Waals surface area contributed by atoms with Gasteiger partial charge in [0.1, 0.15) is 12.2 Å². The lowest BCUT2D eigenvalue weighted by molar-refractivity contribution is 0.195. The minimum Gasteiger partial charge on any atom is -0.392 e. The molecule has 6 heteroatoms. The largest absolute Gasteiger partial charge is 0.392 e. The molecule has 1 aromatic carbocycles. The Balaban J connectivity index is 1.88. The second kappa shape index (κ2) is 7.81. The van der Waals surface area contributed by atoms with E-state index in [-0.39, 0.29) is 0 Å². The molecule has 2 aromatic rings. The number of halogens is 1. The Morgan fingerprint density at radius 1 is 1.40 bits per heavy atom. The first kappa shape index (κ1) is 15.5. The van der Waals surface area contributed by atoms with Crippen molar-refractivity contribution in [2.45, 2.75) is 37.3 Å². The fourth-order valence-electron chi connectivity index (χ4n) is 1.86. The summed E-state index contributed by atoms with van der Waals surface area (Å²) < 4.78 is 2.93. The van der Waals surface area contributed by atoms with Gasteiger partial charge in [0.15, 0.2) is 0 Å². The first-order valence-electron chi connectivity index (χ1n) is 6.62. The maximum Gasteiger partial charge on any atom is 0.138 e. The molecule has 1 unspecified atom stereocenters. The van der Waals surface area contributed by atoms with Crippen molar-refractivity contribution in [3.63, 3.8) is 0 Å². The molecule has 0 spiro atoms. The van der Waals surface area contributed by atoms with E-state index in [1.54, 1.807) is 18.1 Å². The number of hydrogen-bond acceptors (Lipinski definition) is 4. The Hall–Kier alpha value is -0.850. The molecule has 2 rings (SSSR count). The Labute approximate surface area is 131 Å². The zero-order valence-electron chi connectivity index (χ0n) is 11.4. The van der Waals surface area contributed by atoms with Crippen molar-refractivity contribution in [2.24, 2.45) is 0 Å². The maximum absolute atomic E-state index is 10.1. The van der Waals surface area contributed by atoms with Crippen LogP contribution in [-0.2, 0) is 13.0 Å². The molecule has 1 atom stereocenters. The minimum atomic E-state index is -0.424. The number of hydrogen-bond donors (Lipinski definition) is 1. The van der Waals surface area contributed by atoms with Crippen LogP contribution in [0.15, 0.2) is 40.0 Å². The van der Waals surface area contributed by atoms with E-state index in [2.05, 4.69) is 32.9 Å². The van der Waals surface area contributed by atoms with Gasteiger partial charge in [-0.3, -0.25) is 4.68 Å². The molecule has 0 fully saturated rings. The molecule has 4 nitrogen and oxygen atoms in total. The number of aryl methyl sites for hydroxylation is 1. The molecular formula is C14H18BrN3OS. The van der Waals surface area contributed by atoms with Crippen molar-refractivity contribution in [1.82, 2.24) is 14.8 Å². The fourth-order valence-corrected chi connectivity index (χ4v) is 3.36. The van der Waals surface area contributed by atoms with Gasteiger partial charge in [-0.15, -0.1) is 11.8 Å². The minimum absolute atomic E-state index is 0.424. The molecule has 0 saturated heterocycles. The monoisotopic (exact) mass is 355 g/mol. The molecule has 0 aliphatic heterocycles. The van der Waals surface area contributed by atoms with Gasteiger partial charge in [-0.25, -0.2) is 4.98 Å². The predicted molar refractivity (Wildman–Crippen MR) is 84.9 cm³/mol. The zero-order chi connectivity index (χ0) is 14.4. The fraction of sp³-hybridized carbons (Fsp3) is 0.429. The molecule has 0 saturated carbocycles. The second-order valence-corrected chi connectivity index (χ2v) is 6.41. The summed E-state index contributed by atoms with van der Waals surface area (Å²) in [4.78, 5) is 5.36. The van der Waals surface area contributed by atoms with Gasteiger partial charge < -0.3 is 5.11 Å². The van der Waals surface area contributed by atoms with Crippen molar-refractivity contribution < 1.29 is 5.11 Å². The van der Waals surface area contributed by atoms with Gasteiger partial charge >= 0.3 is 0 Å². The average molecular weight is 356 g/mol. The van der Waals surface area contributed by atoms with E-state index in [0.29, 0.717) is 12.2 Å². The highest BCUT2D eigenvalue weighted by Gasteiger charge is 2.12. The van der Waals surface area contributed by atoms with Gasteiger partial charge in [-0.2, -0.15) is 5.10 Å². The Bertz CT molecular complexity index is 547. The molecule has 1 aromatic heterocycles. The number of benzene rings is 1. The maximum atomic E-state index is 10.1. The van der Waals surface area contributed by atoms with Gasteiger partial charge in [0.25, 0.3) is 0 Å². The lowest BCUT2D eigenvalue weighted by atomic mass is 10.3. The van der Waals surface area contributed by atoms with Gasteiger partial charge in [-0.1, -0.05) is 19.1 Å². The first-order valence-corrected chi connectivity index (χ1v) is 8.40. The van der Waals surface area contributed by atoms with E-state index < -0.39 is 6.10 Å². The molecule has 1 N–H and O–H groups in total. The molecule has 108 valence electrons. The molecule has 20 heavy (non-hydrogen) atoms. The summed E-state index contributed by atoms with van der Waals surface area (Å²) in [6.07, 6.45) is 2.68. The van der Waals surface area contributed by atoms with Crippen LogP contribution in [0.5, 0.6) is 0 Å². The average Bonchev–Trinajstić information content (AvgIpc) is 2.86. The second-order valence-electron chi connectivity index (χ2n) is 4.50. The number of aliphatic hydroxyl groups is 1. The topological polar surface area (TPSA) is 50.9 Å². The zero-order valence-corrected chi connectivity index (χ0v) is 13.8. The smallest absolute Gasteiger partial charge is 0.138 e. The van der Waals surface area contributed by atoms with E-state index in [0.717, 1.165) is 28.2 Å². The van der Waals surface area contributed by atoms with Crippen LogP contribution in [0.2, 0.25) is 0 Å². The van der Waals surface area contributed by atoms with E-state index in [1.165, 1.54) is 0 Å². The summed E-state index contributed by atoms with van der Waals surface area (Å²) in [5, 5.41) is 14.3. The Morgan fingerprint density at radius 3 is 2.95 bits per heavy atom. The van der Waals surface area contributed by atoms with Gasteiger partial charge in [0.2, 0.25) is 0 Å². The number of aromatic nitrogens is 3. The van der Waals surface area contributed by atoms with Crippen LogP contribution in [0.4, 0.5) is 0 Å². The van der Waals surface area contributed by atoms with Crippen LogP contribution in [0, 0.1) is 0 Å². The summed E-state index contributed by atoms with van der Waals surface area (Å²) in [5.41, 5.74) is 0. The highest BCUT2D eigenvalue weighted by Crippen LogP contribution is 2.27. The third-order valence-corrected chi connectivity index (χ3v) is 4.99. The number of aliphatic hydroxyl groups excluding tert-OH is 1. The first-order chi connectivity index (χ1) is 9.70. The molecule has 0 aliphatic carbocycles. The third-order valence-electron chi connectivity index (χ3n) is 2.82. The molecular weight excluding hydrogens is 338 g/mol. The van der Waals surface area contributed by atoms with Gasteiger partial charge in [-0.05, 0) is 34.5 Å². The standard InChI is InChI=1S/C14H18BrN3OS/c1-2-7-18-14(16-10-17-18)8-11(19)9-20-13-6-4-3-5-12(13)15/h3-6,10-11,19H,2,7-9H2,1H3. The number of nitrogens with zero attached hydrogens (tertiary/aromatic N) is 3. The van der Waals surface area contributed by atoms with Gasteiger partial charge in [0.05, 0.1) is 6.10 Å². The lowest BCUT2D eigenvalue weighted by Gasteiger charge is -2.11. The van der Waals surface area contributed by atoms with Crippen molar-refractivity contribution in [1.29, 1.82) is 0 Å². The predicted octanol–water partition coefficient (Wildman–Crippen LogP) is 3.15. The van der Waals surface area contributed by atoms with Crippen LogP contribution in [0.25, 0.3) is 0 Å². The molecule has 1 heterocycles. The van der Waals surface area contributed by atoms with E-state index >= 15 is 0 Å². The van der Waals surface area contributed by atoms with E-state index in [9.17, 15) is 5.11 Å². The van der Waals surface area contributed by atoms with Crippen molar-refractivity contribution in [2.75, 3.05) is 5.75 Å². The SMILES string of the molecule is CCCn1ncnc1CC(O)CSc1ccccc1Br. The van der Waals surface area contributed by atoms with Gasteiger partial charge in [0, 0.05) is 28.1 Å². The summed E-state index contributed by atoms with van der Waals surface area (Å²) in [7, 11) is 0. The van der Waals surface area contributed by atoms with Crippen molar-refractivity contribution >= 4 is 27.7 Å². The summed E-state index contributed by atoms with van der Waals surface area (Å²) in [6, 6.07) is 8.03. The van der Waals surface area contributed by atoms with Crippen LogP contribution in [-0.4, -0.2) is 31.7 Å². The highest BCUT2D eigenvalue weighted by atomic mass is 79.9. The van der Waals surface area contributed by atoms with Crippen LogP contribution in [0.3, 0.4) is 0 Å². The number of rotatable bonds is 7. The highest BCUT2D eigenvalue weighted by molar-refractivity contribution is 9.10. The molecule has 0 bridgehead atoms. The van der Waals surface area contributed by atoms with E-state index in [4.69, 9.17) is 0 Å². The Morgan fingerprint density at radius 2 is 2.20 bits per heavy atom. The molecule has 0 amide bonds. The summed E-state index contributed by atoms with van der Waals surface area (Å²) >= 11 is 5.15. The summed E-state index contributed by atoms with van der Waals surface area (Å²) in [5.74, 6) is 1.49. The van der Waals surface area contributed by atoms with Crippen LogP contribution in [0.1, 0.15) is 19.2 Å². The third kappa shape index (κ3) is 4.33. The van der Waals surface area contributed by atoms with E-state index in [1.807, 2.05) is 28.9 Å². The molecule has 0 radical (unpaired) electrons. The molecule has 0 aliphatic rings. The Kier molecular flexibility index (Phi) is 6.06. The van der Waals surface area contributed by atoms with Crippen molar-refractivity contribution in [3.8, 4) is 0 Å². The summed E-state index contributed by atoms with van der Waals surface area (Å²) in [6.45, 7) is 2.95.